The third-order valence-electron chi connectivity index (χ3n) is 3.58. The number of nitrogen functional groups attached to an aromatic ring is 1. The minimum Gasteiger partial charge on any atom is -0.790 e. The fourth-order valence-corrected chi connectivity index (χ4v) is 4.81. The second-order valence-corrected chi connectivity index (χ2v) is 9.87. The molecule has 1 aliphatic heterocycles. The number of hydrogen-bond donors (Lipinski definition) is 5. The third kappa shape index (κ3) is 12.0. The maximum Gasteiger partial charge on any atom is 1.00 e. The summed E-state index contributed by atoms with van der Waals surface area (Å²) in [6.07, 6.45) is -1.42. The molecule has 19 nitrogen and oxygen atoms in total. The molecule has 0 bridgehead atoms. The largest absolute Gasteiger partial charge is 1.00 e. The van der Waals surface area contributed by atoms with E-state index in [4.69, 9.17) is 20.5 Å². The molecular formula is C10H14Li4N5O14P3. The first kappa shape index (κ1) is 41.5. The van der Waals surface area contributed by atoms with E-state index in [1.54, 1.807) is 0 Å². The molecule has 26 heteroatoms. The Morgan fingerprint density at radius 1 is 1.00 bits per heavy atom. The van der Waals surface area contributed by atoms with Crippen molar-refractivity contribution in [1.29, 1.82) is 0 Å². The van der Waals surface area contributed by atoms with E-state index in [1.165, 1.54) is 17.2 Å². The molecule has 1 aliphatic rings. The topological polar surface area (TPSA) is 322 Å². The summed E-state index contributed by atoms with van der Waals surface area (Å²) in [7, 11) is -17.6. The number of aliphatic hydroxyl groups excluding tert-OH is 3. The minimum atomic E-state index is -5.95. The number of ether oxygens (including phenoxy) is 1. The number of nitrogens with zero attached hydrogens (tertiary/aromatic N) is 4. The van der Waals surface area contributed by atoms with E-state index in [-0.39, 0.29) is 81.3 Å². The number of phosphoric acid groups is 3. The van der Waals surface area contributed by atoms with Gasteiger partial charge in [-0.1, -0.05) is 0 Å². The number of imidazole rings is 1. The first-order valence-corrected chi connectivity index (χ1v) is 12.3. The van der Waals surface area contributed by atoms with E-state index < -0.39 is 54.6 Å². The van der Waals surface area contributed by atoms with Crippen molar-refractivity contribution in [3.8, 4) is 0 Å². The number of hydrogen-bond acceptors (Lipinski definition) is 17. The van der Waals surface area contributed by atoms with Gasteiger partial charge in [0.05, 0.1) is 20.8 Å². The van der Waals surface area contributed by atoms with Crippen LogP contribution < -0.4 is 101 Å². The van der Waals surface area contributed by atoms with E-state index in [0.29, 0.717) is 11.2 Å². The van der Waals surface area contributed by atoms with Crippen LogP contribution in [0, 0.1) is 0 Å². The quantitative estimate of drug-likeness (QED) is 0.165. The molecule has 2 aromatic heterocycles. The summed E-state index contributed by atoms with van der Waals surface area (Å²) in [4.78, 5) is 58.9. The molecule has 6 atom stereocenters. The van der Waals surface area contributed by atoms with Gasteiger partial charge in [0.15, 0.2) is 17.7 Å². The fraction of sp³-hybridized carbons (Fsp3) is 0.500. The standard InChI is InChI=1S/C10H13N5O4.4Li.H5O10P3/c11-8-5-9(13-2-12-8)15(3-14-5)10-7(18)6(17)4(1-16)19-10;;;;;1-11(2,3)9-13(7,8)10-12(4,5)6/h2-4,6-7,10,16-18H,1H2,(H2,11,12,13);;;;;(H,7,8)(H2,1,2,3)(H2,4,5,6)/q;4*+1;/p-4/t4-,6-,7-,10-;;;;;/m1...../s1. The Kier molecular flexibility index (Phi) is 18.8. The molecule has 182 valence electrons. The molecule has 0 aliphatic carbocycles. The van der Waals surface area contributed by atoms with Gasteiger partial charge in [-0.2, -0.15) is 0 Å². The van der Waals surface area contributed by atoms with Crippen LogP contribution in [0.15, 0.2) is 12.7 Å². The summed E-state index contributed by atoms with van der Waals surface area (Å²) in [5.41, 5.74) is 6.44. The molecule has 0 aromatic carbocycles. The normalized spacial score (nSPS) is 24.3. The van der Waals surface area contributed by atoms with Crippen LogP contribution in [0.1, 0.15) is 6.23 Å². The predicted octanol–water partition coefficient (Wildman–Crippen LogP) is -17.2. The summed E-state index contributed by atoms with van der Waals surface area (Å²) in [5.74, 6) is 0.218. The van der Waals surface area contributed by atoms with Crippen molar-refractivity contribution in [2.75, 3.05) is 12.3 Å². The Morgan fingerprint density at radius 2 is 1.56 bits per heavy atom. The molecule has 3 rings (SSSR count). The Balaban J connectivity index is -0.000000580. The van der Waals surface area contributed by atoms with Gasteiger partial charge in [-0.05, 0) is 0 Å². The Morgan fingerprint density at radius 3 is 2.00 bits per heavy atom. The molecule has 0 amide bonds. The van der Waals surface area contributed by atoms with Crippen LogP contribution in [-0.4, -0.2) is 64.7 Å². The Hall–Kier alpha value is 0.990. The maximum atomic E-state index is 10.1. The zero-order chi connectivity index (χ0) is 24.5. The molecule has 36 heavy (non-hydrogen) atoms. The summed E-state index contributed by atoms with van der Waals surface area (Å²) in [5, 5.41) is 28.7. The van der Waals surface area contributed by atoms with Gasteiger partial charge in [0.2, 0.25) is 0 Å². The summed E-state index contributed by atoms with van der Waals surface area (Å²) >= 11 is 0. The van der Waals surface area contributed by atoms with Crippen molar-refractivity contribution in [3.05, 3.63) is 12.7 Å². The van der Waals surface area contributed by atoms with Crippen molar-refractivity contribution in [2.45, 2.75) is 24.5 Å². The monoisotopic (exact) mass is 549 g/mol. The Labute approximate surface area is 250 Å². The average Bonchev–Trinajstić information content (AvgIpc) is 3.14. The second-order valence-electron chi connectivity index (χ2n) is 5.84. The van der Waals surface area contributed by atoms with Gasteiger partial charge in [-0.15, -0.1) is 0 Å². The maximum absolute atomic E-state index is 10.1. The van der Waals surface area contributed by atoms with Gasteiger partial charge in [0, 0.05) is 0 Å². The molecule has 6 N–H and O–H groups in total. The average molecular weight is 549 g/mol. The van der Waals surface area contributed by atoms with Crippen LogP contribution in [-0.2, 0) is 27.1 Å². The minimum absolute atomic E-state index is 0. The first-order valence-electron chi connectivity index (χ1n) is 7.89. The predicted molar refractivity (Wildman–Crippen MR) is 90.0 cm³/mol. The van der Waals surface area contributed by atoms with Crippen molar-refractivity contribution in [3.63, 3.8) is 0 Å². The number of aromatic nitrogens is 4. The van der Waals surface area contributed by atoms with Crippen LogP contribution in [0.4, 0.5) is 5.82 Å². The van der Waals surface area contributed by atoms with E-state index in [0.717, 1.165) is 0 Å². The van der Waals surface area contributed by atoms with Crippen LogP contribution in [0.2, 0.25) is 0 Å². The van der Waals surface area contributed by atoms with E-state index >= 15 is 0 Å². The van der Waals surface area contributed by atoms with E-state index in [9.17, 15) is 43.5 Å². The van der Waals surface area contributed by atoms with Gasteiger partial charge in [-0.25, -0.2) is 19.3 Å². The SMILES string of the molecule is Nc1ncnc2c1ncn2[C@@H]1O[C@H](CO)[C@@H](O)[C@H]1O.O=P([O-])([O-])OP(=O)([O-])OP(=O)([O-])O.[Li+].[Li+].[Li+].[Li+]. The van der Waals surface area contributed by atoms with Gasteiger partial charge in [0.1, 0.15) is 30.2 Å². The second kappa shape index (κ2) is 16.3. The van der Waals surface area contributed by atoms with Crippen molar-refractivity contribution >= 4 is 40.4 Å². The zero-order valence-electron chi connectivity index (χ0n) is 19.3. The number of anilines is 1. The molecule has 2 aromatic rings. The number of aliphatic hydroxyl groups is 3. The molecule has 0 saturated carbocycles. The van der Waals surface area contributed by atoms with Gasteiger partial charge >= 0.3 is 75.4 Å². The molecular weight excluding hydrogens is 535 g/mol. The van der Waals surface area contributed by atoms with E-state index in [1.807, 2.05) is 0 Å². The molecule has 0 radical (unpaired) electrons. The van der Waals surface area contributed by atoms with Crippen LogP contribution in [0.5, 0.6) is 0 Å². The first-order chi connectivity index (χ1) is 14.5. The smallest absolute Gasteiger partial charge is 0.790 e. The summed E-state index contributed by atoms with van der Waals surface area (Å²) in [6.45, 7) is -0.390. The van der Waals surface area contributed by atoms with Crippen LogP contribution in [0.25, 0.3) is 11.2 Å². The van der Waals surface area contributed by atoms with Crippen LogP contribution >= 0.6 is 23.5 Å². The molecule has 3 heterocycles. The zero-order valence-corrected chi connectivity index (χ0v) is 21.9. The Bertz CT molecular complexity index is 1070. The fourth-order valence-electron chi connectivity index (χ4n) is 2.43. The van der Waals surface area contributed by atoms with Crippen LogP contribution in [0.3, 0.4) is 0 Å². The van der Waals surface area contributed by atoms with Crippen molar-refractivity contribution in [1.82, 2.24) is 19.5 Å². The summed E-state index contributed by atoms with van der Waals surface area (Å²) in [6, 6.07) is 0. The van der Waals surface area contributed by atoms with Gasteiger partial charge in [-0.3, -0.25) is 18.0 Å². The molecule has 2 unspecified atom stereocenters. The molecule has 1 fully saturated rings. The van der Waals surface area contributed by atoms with E-state index in [2.05, 4.69) is 23.6 Å². The summed E-state index contributed by atoms with van der Waals surface area (Å²) < 4.78 is 41.9. The number of fused-ring (bicyclic) bond motifs is 1. The molecule has 0 spiro atoms. The molecule has 1 saturated heterocycles. The van der Waals surface area contributed by atoms with Gasteiger partial charge < -0.3 is 54.8 Å². The third-order valence-corrected chi connectivity index (χ3v) is 6.81. The van der Waals surface area contributed by atoms with Gasteiger partial charge in [0.25, 0.3) is 15.6 Å². The number of rotatable bonds is 6. The van der Waals surface area contributed by atoms with Crippen molar-refractivity contribution < 1.29 is 142 Å². The van der Waals surface area contributed by atoms with Crippen molar-refractivity contribution in [2.24, 2.45) is 0 Å². The number of nitrogens with two attached hydrogens (primary N) is 1.